The second kappa shape index (κ2) is 9.08. The van der Waals surface area contributed by atoms with Crippen molar-refractivity contribution in [3.8, 4) is 11.5 Å². The minimum Gasteiger partial charge on any atom is -0.490 e. The van der Waals surface area contributed by atoms with Gasteiger partial charge in [0.15, 0.2) is 23.1 Å². The highest BCUT2D eigenvalue weighted by Gasteiger charge is 2.32. The van der Waals surface area contributed by atoms with Crippen molar-refractivity contribution in [1.29, 1.82) is 0 Å². The van der Waals surface area contributed by atoms with Crippen LogP contribution in [0.4, 0.5) is 0 Å². The van der Waals surface area contributed by atoms with Crippen LogP contribution in [0.2, 0.25) is 5.02 Å². The molecule has 1 aliphatic rings. The number of allylic oxidation sites excluding steroid dienone is 1. The van der Waals surface area contributed by atoms with Gasteiger partial charge in [-0.1, -0.05) is 70.0 Å². The molecule has 3 aromatic carbocycles. The summed E-state index contributed by atoms with van der Waals surface area (Å²) in [5, 5.41) is 0.624. The first-order chi connectivity index (χ1) is 15.0. The van der Waals surface area contributed by atoms with Crippen LogP contribution in [0.15, 0.2) is 70.7 Å². The van der Waals surface area contributed by atoms with Gasteiger partial charge in [0.25, 0.3) is 0 Å². The zero-order valence-corrected chi connectivity index (χ0v) is 19.0. The Hall–Kier alpha value is -2.89. The van der Waals surface area contributed by atoms with E-state index in [0.29, 0.717) is 44.3 Å². The van der Waals surface area contributed by atoms with E-state index in [1.165, 1.54) is 0 Å². The number of halogens is 2. The van der Waals surface area contributed by atoms with E-state index >= 15 is 0 Å². The van der Waals surface area contributed by atoms with Crippen LogP contribution in [-0.4, -0.2) is 18.2 Å². The lowest BCUT2D eigenvalue weighted by Gasteiger charge is -2.15. The maximum Gasteiger partial charge on any atom is 0.197 e. The van der Waals surface area contributed by atoms with Gasteiger partial charge in [0, 0.05) is 26.2 Å². The molecule has 1 aliphatic carbocycles. The quantitative estimate of drug-likeness (QED) is 0.286. The molecule has 156 valence electrons. The Morgan fingerprint density at radius 2 is 1.52 bits per heavy atom. The standard InChI is InChI=1S/C25H18BrClO4/c1-2-30-22-12-16(11-19-24(28)17-8-4-5-9-18(17)25(19)29)20(26)13-23(22)31-14-15-7-3-6-10-21(15)27/h3-13H,2,14H2,1H3. The van der Waals surface area contributed by atoms with Gasteiger partial charge in [0.1, 0.15) is 6.61 Å². The van der Waals surface area contributed by atoms with Crippen LogP contribution in [0, 0.1) is 0 Å². The number of benzene rings is 3. The van der Waals surface area contributed by atoms with E-state index < -0.39 is 0 Å². The zero-order chi connectivity index (χ0) is 22.0. The molecule has 0 radical (unpaired) electrons. The van der Waals surface area contributed by atoms with Gasteiger partial charge in [-0.3, -0.25) is 9.59 Å². The fraction of sp³-hybridized carbons (Fsp3) is 0.120. The number of hydrogen-bond acceptors (Lipinski definition) is 4. The summed E-state index contributed by atoms with van der Waals surface area (Å²) in [5.74, 6) is 0.497. The largest absolute Gasteiger partial charge is 0.490 e. The van der Waals surface area contributed by atoms with Gasteiger partial charge in [-0.2, -0.15) is 0 Å². The van der Waals surface area contributed by atoms with Crippen LogP contribution >= 0.6 is 27.5 Å². The van der Waals surface area contributed by atoms with Crippen LogP contribution in [0.1, 0.15) is 38.8 Å². The lowest BCUT2D eigenvalue weighted by molar-refractivity contribution is 0.0990. The van der Waals surface area contributed by atoms with Crippen LogP contribution in [0.5, 0.6) is 11.5 Å². The maximum absolute atomic E-state index is 12.7. The summed E-state index contributed by atoms with van der Waals surface area (Å²) in [4.78, 5) is 25.4. The van der Waals surface area contributed by atoms with Crippen LogP contribution in [0.25, 0.3) is 6.08 Å². The number of Topliss-reactive ketones (excluding diaryl/α,β-unsaturated/α-hetero) is 2. The van der Waals surface area contributed by atoms with Gasteiger partial charge in [-0.05, 0) is 36.8 Å². The van der Waals surface area contributed by atoms with E-state index in [-0.39, 0.29) is 23.7 Å². The normalized spacial score (nSPS) is 12.7. The molecule has 0 N–H and O–H groups in total. The number of fused-ring (bicyclic) bond motifs is 1. The Kier molecular flexibility index (Phi) is 6.25. The molecule has 0 unspecified atom stereocenters. The van der Waals surface area contributed by atoms with Gasteiger partial charge in [0.05, 0.1) is 12.2 Å². The van der Waals surface area contributed by atoms with Gasteiger partial charge in [0.2, 0.25) is 0 Å². The van der Waals surface area contributed by atoms with Crippen LogP contribution in [0.3, 0.4) is 0 Å². The second-order valence-electron chi connectivity index (χ2n) is 6.90. The molecule has 0 heterocycles. The van der Waals surface area contributed by atoms with Crippen molar-refractivity contribution in [3.63, 3.8) is 0 Å². The van der Waals surface area contributed by atoms with Gasteiger partial charge < -0.3 is 9.47 Å². The minimum absolute atomic E-state index is 0.133. The van der Waals surface area contributed by atoms with Crippen molar-refractivity contribution in [2.24, 2.45) is 0 Å². The van der Waals surface area contributed by atoms with Crippen molar-refractivity contribution in [1.82, 2.24) is 0 Å². The number of hydrogen-bond donors (Lipinski definition) is 0. The lowest BCUT2D eigenvalue weighted by Crippen LogP contribution is -2.02. The molecule has 0 aliphatic heterocycles. The van der Waals surface area contributed by atoms with Gasteiger partial charge >= 0.3 is 0 Å². The Labute approximate surface area is 193 Å². The molecule has 0 saturated carbocycles. The Morgan fingerprint density at radius 3 is 2.16 bits per heavy atom. The third kappa shape index (κ3) is 4.29. The van der Waals surface area contributed by atoms with E-state index in [1.807, 2.05) is 31.2 Å². The van der Waals surface area contributed by atoms with Crippen molar-refractivity contribution in [2.45, 2.75) is 13.5 Å². The van der Waals surface area contributed by atoms with E-state index in [0.717, 1.165) is 5.56 Å². The number of ketones is 2. The first-order valence-electron chi connectivity index (χ1n) is 9.72. The summed E-state index contributed by atoms with van der Waals surface area (Å²) in [6.07, 6.45) is 1.59. The summed E-state index contributed by atoms with van der Waals surface area (Å²) in [6, 6.07) is 17.8. The topological polar surface area (TPSA) is 52.6 Å². The van der Waals surface area contributed by atoms with E-state index in [1.54, 1.807) is 42.5 Å². The highest BCUT2D eigenvalue weighted by Crippen LogP contribution is 2.37. The molecule has 0 atom stereocenters. The molecular formula is C25H18BrClO4. The number of rotatable bonds is 6. The molecule has 0 amide bonds. The van der Waals surface area contributed by atoms with Gasteiger partial charge in [-0.25, -0.2) is 0 Å². The lowest BCUT2D eigenvalue weighted by atomic mass is 10.1. The predicted octanol–water partition coefficient (Wildman–Crippen LogP) is 6.54. The van der Waals surface area contributed by atoms with Crippen molar-refractivity contribution < 1.29 is 19.1 Å². The maximum atomic E-state index is 12.7. The number of ether oxygens (including phenoxy) is 2. The average molecular weight is 498 g/mol. The Balaban J connectivity index is 1.66. The zero-order valence-electron chi connectivity index (χ0n) is 16.7. The molecule has 6 heteroatoms. The summed E-state index contributed by atoms with van der Waals surface area (Å²) >= 11 is 9.74. The number of carbonyl (C=O) groups is 2. The molecule has 0 aromatic heterocycles. The van der Waals surface area contributed by atoms with Crippen LogP contribution < -0.4 is 9.47 Å². The van der Waals surface area contributed by atoms with Crippen molar-refractivity contribution >= 4 is 45.2 Å². The molecule has 0 saturated heterocycles. The highest BCUT2D eigenvalue weighted by atomic mass is 79.9. The fourth-order valence-electron chi connectivity index (χ4n) is 3.37. The molecule has 0 fully saturated rings. The molecule has 0 spiro atoms. The fourth-order valence-corrected chi connectivity index (χ4v) is 4.00. The first-order valence-corrected chi connectivity index (χ1v) is 10.9. The summed E-state index contributed by atoms with van der Waals surface area (Å²) < 4.78 is 12.4. The van der Waals surface area contributed by atoms with E-state index in [4.69, 9.17) is 21.1 Å². The average Bonchev–Trinajstić information content (AvgIpc) is 3.01. The number of carbonyl (C=O) groups excluding carboxylic acids is 2. The van der Waals surface area contributed by atoms with E-state index in [2.05, 4.69) is 15.9 Å². The monoisotopic (exact) mass is 496 g/mol. The second-order valence-corrected chi connectivity index (χ2v) is 8.16. The molecule has 31 heavy (non-hydrogen) atoms. The third-order valence-corrected chi connectivity index (χ3v) is 5.96. The van der Waals surface area contributed by atoms with Gasteiger partial charge in [-0.15, -0.1) is 0 Å². The summed E-state index contributed by atoms with van der Waals surface area (Å²) in [7, 11) is 0. The summed E-state index contributed by atoms with van der Waals surface area (Å²) in [5.41, 5.74) is 2.50. The molecule has 3 aromatic rings. The minimum atomic E-state index is -0.274. The summed E-state index contributed by atoms with van der Waals surface area (Å²) in [6.45, 7) is 2.58. The smallest absolute Gasteiger partial charge is 0.197 e. The van der Waals surface area contributed by atoms with Crippen molar-refractivity contribution in [2.75, 3.05) is 6.61 Å². The molecule has 4 rings (SSSR count). The Morgan fingerprint density at radius 1 is 0.903 bits per heavy atom. The van der Waals surface area contributed by atoms with Crippen LogP contribution in [-0.2, 0) is 6.61 Å². The van der Waals surface area contributed by atoms with Crippen molar-refractivity contribution in [3.05, 3.63) is 98.0 Å². The predicted molar refractivity (Wildman–Crippen MR) is 124 cm³/mol. The molecule has 4 nitrogen and oxygen atoms in total. The highest BCUT2D eigenvalue weighted by molar-refractivity contribution is 9.10. The SMILES string of the molecule is CCOc1cc(C=C2C(=O)c3ccccc3C2=O)c(Br)cc1OCc1ccccc1Cl. The third-order valence-electron chi connectivity index (χ3n) is 4.91. The molecular weight excluding hydrogens is 480 g/mol. The Bertz CT molecular complexity index is 1180. The first kappa shape index (κ1) is 21.3. The van der Waals surface area contributed by atoms with E-state index in [9.17, 15) is 9.59 Å². The molecule has 0 bridgehead atoms.